The Bertz CT molecular complexity index is 1730. The second kappa shape index (κ2) is 12.4. The van der Waals surface area contributed by atoms with Crippen LogP contribution >= 0.6 is 23.1 Å². The van der Waals surface area contributed by atoms with Gasteiger partial charge in [-0.3, -0.25) is 9.36 Å². The van der Waals surface area contributed by atoms with Crippen LogP contribution in [-0.2, 0) is 12.2 Å². The molecule has 1 N–H and O–H groups in total. The number of nitrogens with zero attached hydrogens (tertiary/aromatic N) is 4. The van der Waals surface area contributed by atoms with Gasteiger partial charge in [0, 0.05) is 5.38 Å². The maximum Gasteiger partial charge on any atom is 0.271 e. The first-order valence-corrected chi connectivity index (χ1v) is 15.0. The van der Waals surface area contributed by atoms with Crippen molar-refractivity contribution in [2.24, 2.45) is 0 Å². The highest BCUT2D eigenvalue weighted by Gasteiger charge is 2.21. The number of para-hydroxylation sites is 1. The van der Waals surface area contributed by atoms with Crippen molar-refractivity contribution >= 4 is 29.0 Å². The highest BCUT2D eigenvalue weighted by atomic mass is 32.2. The van der Waals surface area contributed by atoms with E-state index in [-0.39, 0.29) is 11.9 Å². The standard InChI is InChI=1S/C32H27N5O2S2/c1-22-11-8-9-16-27(22)37-30(28-17-10-18-39-28)35-36-32(37)41-21-29-33-26(20-40-29)31(38)34-25(24-14-6-3-7-15-24)19-23-12-4-2-5-13-23/h2-18,20,25H,19,21H2,1H3,(H,34,38). The minimum absolute atomic E-state index is 0.168. The molecular formula is C32H27N5O2S2. The minimum Gasteiger partial charge on any atom is -0.461 e. The number of furan rings is 1. The lowest BCUT2D eigenvalue weighted by Gasteiger charge is -2.19. The quantitative estimate of drug-likeness (QED) is 0.172. The molecule has 9 heteroatoms. The Morgan fingerprint density at radius 1 is 0.951 bits per heavy atom. The lowest BCUT2D eigenvalue weighted by atomic mass is 9.99. The summed E-state index contributed by atoms with van der Waals surface area (Å²) in [7, 11) is 0. The zero-order valence-electron chi connectivity index (χ0n) is 22.3. The predicted octanol–water partition coefficient (Wildman–Crippen LogP) is 7.30. The van der Waals surface area contributed by atoms with E-state index < -0.39 is 0 Å². The van der Waals surface area contributed by atoms with E-state index in [2.05, 4.69) is 45.6 Å². The number of benzene rings is 3. The van der Waals surface area contributed by atoms with Crippen molar-refractivity contribution in [1.29, 1.82) is 0 Å². The summed E-state index contributed by atoms with van der Waals surface area (Å²) in [5.41, 5.74) is 4.70. The highest BCUT2D eigenvalue weighted by molar-refractivity contribution is 7.98. The van der Waals surface area contributed by atoms with Gasteiger partial charge in [-0.1, -0.05) is 90.6 Å². The van der Waals surface area contributed by atoms with Crippen LogP contribution in [0.15, 0.2) is 118 Å². The van der Waals surface area contributed by atoms with Gasteiger partial charge < -0.3 is 9.73 Å². The Kier molecular flexibility index (Phi) is 8.06. The second-order valence-electron chi connectivity index (χ2n) is 9.45. The molecule has 0 spiro atoms. The summed E-state index contributed by atoms with van der Waals surface area (Å²) in [5, 5.41) is 15.5. The molecule has 1 amide bonds. The summed E-state index contributed by atoms with van der Waals surface area (Å²) in [6.07, 6.45) is 2.32. The lowest BCUT2D eigenvalue weighted by molar-refractivity contribution is 0.0932. The first kappa shape index (κ1) is 26.7. The molecule has 6 aromatic rings. The number of thioether (sulfide) groups is 1. The molecule has 0 saturated carbocycles. The number of thiazole rings is 1. The number of rotatable bonds is 10. The molecule has 1 unspecified atom stereocenters. The molecule has 0 aliphatic rings. The summed E-state index contributed by atoms with van der Waals surface area (Å²) in [6, 6.07) is 31.9. The fraction of sp³-hybridized carbons (Fsp3) is 0.125. The first-order valence-electron chi connectivity index (χ1n) is 13.2. The average molecular weight is 578 g/mol. The van der Waals surface area contributed by atoms with Gasteiger partial charge in [0.15, 0.2) is 10.9 Å². The van der Waals surface area contributed by atoms with Gasteiger partial charge in [-0.25, -0.2) is 4.98 Å². The number of hydrogen-bond donors (Lipinski definition) is 1. The van der Waals surface area contributed by atoms with Crippen LogP contribution in [0.2, 0.25) is 0 Å². The van der Waals surface area contributed by atoms with Crippen LogP contribution in [-0.4, -0.2) is 25.7 Å². The van der Waals surface area contributed by atoms with Crippen LogP contribution in [0.1, 0.15) is 38.2 Å². The topological polar surface area (TPSA) is 85.8 Å². The summed E-state index contributed by atoms with van der Waals surface area (Å²) in [4.78, 5) is 18.0. The molecule has 0 bridgehead atoms. The highest BCUT2D eigenvalue weighted by Crippen LogP contribution is 2.32. The summed E-state index contributed by atoms with van der Waals surface area (Å²) >= 11 is 2.99. The number of aryl methyl sites for hydroxylation is 1. The third-order valence-corrected chi connectivity index (χ3v) is 8.60. The van der Waals surface area contributed by atoms with Gasteiger partial charge in [-0.15, -0.1) is 21.5 Å². The summed E-state index contributed by atoms with van der Waals surface area (Å²) < 4.78 is 7.65. The van der Waals surface area contributed by atoms with Gasteiger partial charge in [-0.05, 0) is 48.2 Å². The van der Waals surface area contributed by atoms with Crippen LogP contribution < -0.4 is 5.32 Å². The maximum absolute atomic E-state index is 13.3. The van der Waals surface area contributed by atoms with Gasteiger partial charge in [0.1, 0.15) is 10.7 Å². The van der Waals surface area contributed by atoms with Gasteiger partial charge in [0.2, 0.25) is 5.82 Å². The van der Waals surface area contributed by atoms with Crippen molar-refractivity contribution < 1.29 is 9.21 Å². The van der Waals surface area contributed by atoms with Crippen molar-refractivity contribution in [3.8, 4) is 17.3 Å². The van der Waals surface area contributed by atoms with Crippen molar-refractivity contribution in [1.82, 2.24) is 25.1 Å². The van der Waals surface area contributed by atoms with Crippen LogP contribution in [0, 0.1) is 6.92 Å². The zero-order chi connectivity index (χ0) is 28.0. The third kappa shape index (κ3) is 6.16. The van der Waals surface area contributed by atoms with E-state index in [4.69, 9.17) is 4.42 Å². The van der Waals surface area contributed by atoms with E-state index >= 15 is 0 Å². The Labute approximate surface area is 246 Å². The molecule has 0 fully saturated rings. The predicted molar refractivity (Wildman–Crippen MR) is 162 cm³/mol. The Morgan fingerprint density at radius 2 is 1.71 bits per heavy atom. The first-order chi connectivity index (χ1) is 20.2. The van der Waals surface area contributed by atoms with E-state index in [0.29, 0.717) is 29.5 Å². The number of carbonyl (C=O) groups is 1. The normalized spacial score (nSPS) is 11.8. The largest absolute Gasteiger partial charge is 0.461 e. The fourth-order valence-corrected chi connectivity index (χ4v) is 6.32. The molecule has 6 rings (SSSR count). The van der Waals surface area contributed by atoms with E-state index in [1.807, 2.05) is 88.8 Å². The van der Waals surface area contributed by atoms with E-state index in [1.54, 1.807) is 6.26 Å². The van der Waals surface area contributed by atoms with Crippen LogP contribution in [0.3, 0.4) is 0 Å². The van der Waals surface area contributed by atoms with Gasteiger partial charge in [0.25, 0.3) is 5.91 Å². The van der Waals surface area contributed by atoms with Crippen molar-refractivity contribution in [2.75, 3.05) is 0 Å². The Morgan fingerprint density at radius 3 is 2.46 bits per heavy atom. The minimum atomic E-state index is -0.189. The van der Waals surface area contributed by atoms with E-state index in [9.17, 15) is 4.79 Å². The number of carbonyl (C=O) groups excluding carboxylic acids is 1. The molecular weight excluding hydrogens is 551 g/mol. The molecule has 0 radical (unpaired) electrons. The van der Waals surface area contributed by atoms with Crippen LogP contribution in [0.25, 0.3) is 17.3 Å². The fourth-order valence-electron chi connectivity index (χ4n) is 4.59. The van der Waals surface area contributed by atoms with Crippen LogP contribution in [0.5, 0.6) is 0 Å². The van der Waals surface area contributed by atoms with Crippen molar-refractivity contribution in [2.45, 2.75) is 30.3 Å². The smallest absolute Gasteiger partial charge is 0.271 e. The SMILES string of the molecule is Cc1ccccc1-n1c(SCc2nc(C(=O)NC(Cc3ccccc3)c3ccccc3)cs2)nnc1-c1ccco1. The third-order valence-electron chi connectivity index (χ3n) is 6.63. The number of amides is 1. The monoisotopic (exact) mass is 577 g/mol. The number of nitrogens with one attached hydrogen (secondary N) is 1. The van der Waals surface area contributed by atoms with Crippen LogP contribution in [0.4, 0.5) is 0 Å². The molecule has 0 saturated heterocycles. The van der Waals surface area contributed by atoms with E-state index in [0.717, 1.165) is 32.5 Å². The number of aromatic nitrogens is 4. The molecule has 3 aromatic carbocycles. The molecule has 3 heterocycles. The summed E-state index contributed by atoms with van der Waals surface area (Å²) in [5.74, 6) is 1.64. The Hall–Kier alpha value is -4.47. The molecule has 204 valence electrons. The summed E-state index contributed by atoms with van der Waals surface area (Å²) in [6.45, 7) is 2.06. The Balaban J connectivity index is 1.19. The molecule has 41 heavy (non-hydrogen) atoms. The van der Waals surface area contributed by atoms with Gasteiger partial charge in [-0.2, -0.15) is 0 Å². The van der Waals surface area contributed by atoms with Crippen molar-refractivity contribution in [3.63, 3.8) is 0 Å². The molecule has 0 aliphatic carbocycles. The molecule has 1 atom stereocenters. The second-order valence-corrected chi connectivity index (χ2v) is 11.3. The molecule has 0 aliphatic heterocycles. The maximum atomic E-state index is 13.3. The van der Waals surface area contributed by atoms with E-state index in [1.165, 1.54) is 23.1 Å². The molecule has 3 aromatic heterocycles. The van der Waals surface area contributed by atoms with Gasteiger partial charge >= 0.3 is 0 Å². The van der Waals surface area contributed by atoms with Crippen molar-refractivity contribution in [3.05, 3.63) is 136 Å². The van der Waals surface area contributed by atoms with Gasteiger partial charge in [0.05, 0.1) is 23.7 Å². The molecule has 7 nitrogen and oxygen atoms in total. The lowest BCUT2D eigenvalue weighted by Crippen LogP contribution is -2.30. The zero-order valence-corrected chi connectivity index (χ0v) is 23.9. The average Bonchev–Trinajstić information content (AvgIpc) is 3.78. The number of hydrogen-bond acceptors (Lipinski definition) is 7.